The number of aryl methyl sites for hydroxylation is 2. The van der Waals surface area contributed by atoms with Gasteiger partial charge in [0.15, 0.2) is 0 Å². The molecule has 0 saturated heterocycles. The first-order valence-electron chi connectivity index (χ1n) is 13.3. The molecule has 5 rings (SSSR count). The van der Waals surface area contributed by atoms with Crippen molar-refractivity contribution >= 4 is 40.5 Å². The number of benzene rings is 3. The van der Waals surface area contributed by atoms with Gasteiger partial charge in [0.05, 0.1) is 36.2 Å². The third-order valence-electron chi connectivity index (χ3n) is 6.81. The second-order valence-electron chi connectivity index (χ2n) is 9.53. The van der Waals surface area contributed by atoms with Gasteiger partial charge in [-0.15, -0.1) is 0 Å². The highest BCUT2D eigenvalue weighted by Gasteiger charge is 2.29. The highest BCUT2D eigenvalue weighted by atomic mass is 16.5. The number of methoxy groups -OCH3 is 1. The van der Waals surface area contributed by atoms with Gasteiger partial charge in [-0.1, -0.05) is 24.3 Å². The lowest BCUT2D eigenvalue weighted by Crippen LogP contribution is -2.10. The van der Waals surface area contributed by atoms with Gasteiger partial charge in [-0.3, -0.25) is 9.59 Å². The minimum Gasteiger partial charge on any atom is -0.466 e. The fourth-order valence-corrected chi connectivity index (χ4v) is 4.80. The molecule has 0 saturated carbocycles. The molecule has 9 nitrogen and oxygen atoms in total. The Labute approximate surface area is 237 Å². The number of esters is 2. The van der Waals surface area contributed by atoms with Crippen molar-refractivity contribution in [2.75, 3.05) is 24.4 Å². The molecular weight excluding hydrogens is 520 g/mol. The van der Waals surface area contributed by atoms with Gasteiger partial charge in [-0.25, -0.2) is 9.78 Å². The summed E-state index contributed by atoms with van der Waals surface area (Å²) in [5.74, 6) is -0.200. The van der Waals surface area contributed by atoms with Crippen LogP contribution in [0.1, 0.15) is 40.4 Å². The molecule has 1 aliphatic rings. The van der Waals surface area contributed by atoms with E-state index in [0.29, 0.717) is 41.1 Å². The van der Waals surface area contributed by atoms with Gasteiger partial charge in [0.1, 0.15) is 5.82 Å². The van der Waals surface area contributed by atoms with Crippen LogP contribution in [0.5, 0.6) is 0 Å². The summed E-state index contributed by atoms with van der Waals surface area (Å²) in [6.07, 6.45) is 4.39. The van der Waals surface area contributed by atoms with Gasteiger partial charge in [-0.05, 0) is 66.9 Å². The molecule has 0 bridgehead atoms. The Morgan fingerprint density at radius 3 is 2.54 bits per heavy atom. The van der Waals surface area contributed by atoms with Crippen LogP contribution < -0.4 is 10.6 Å². The van der Waals surface area contributed by atoms with Crippen LogP contribution in [0.2, 0.25) is 0 Å². The molecule has 9 heteroatoms. The maximum absolute atomic E-state index is 13.4. The lowest BCUT2D eigenvalue weighted by Gasteiger charge is -2.16. The first-order chi connectivity index (χ1) is 19.9. The molecular formula is C32H30N4O5. The third kappa shape index (κ3) is 5.89. The van der Waals surface area contributed by atoms with E-state index in [1.807, 2.05) is 66.3 Å². The van der Waals surface area contributed by atoms with Crippen LogP contribution in [0.25, 0.3) is 22.7 Å². The van der Waals surface area contributed by atoms with E-state index in [0.717, 1.165) is 28.2 Å². The van der Waals surface area contributed by atoms with E-state index in [1.165, 1.54) is 7.11 Å². The summed E-state index contributed by atoms with van der Waals surface area (Å²) in [6.45, 7) is 2.12. The van der Waals surface area contributed by atoms with Crippen molar-refractivity contribution in [1.29, 1.82) is 0 Å². The lowest BCUT2D eigenvalue weighted by molar-refractivity contribution is -0.143. The van der Waals surface area contributed by atoms with Crippen LogP contribution in [-0.2, 0) is 32.5 Å². The Bertz CT molecular complexity index is 1650. The fraction of sp³-hybridized carbons (Fsp3) is 0.188. The van der Waals surface area contributed by atoms with Crippen LogP contribution in [0.3, 0.4) is 0 Å². The number of nitrogens with zero attached hydrogens (tertiary/aromatic N) is 2. The van der Waals surface area contributed by atoms with E-state index in [2.05, 4.69) is 15.6 Å². The fourth-order valence-electron chi connectivity index (χ4n) is 4.80. The number of anilines is 2. The molecule has 1 aliphatic heterocycles. The summed E-state index contributed by atoms with van der Waals surface area (Å²) in [5.41, 5.74) is 5.99. The number of carbonyl (C=O) groups excluding carboxylic acids is 3. The van der Waals surface area contributed by atoms with E-state index in [9.17, 15) is 14.4 Å². The zero-order chi connectivity index (χ0) is 28.9. The number of ether oxygens (including phenoxy) is 2. The van der Waals surface area contributed by atoms with Crippen molar-refractivity contribution in [3.8, 4) is 11.4 Å². The van der Waals surface area contributed by atoms with Crippen LogP contribution in [-0.4, -0.2) is 41.1 Å². The summed E-state index contributed by atoms with van der Waals surface area (Å²) in [4.78, 5) is 41.9. The minimum absolute atomic E-state index is 0.255. The molecule has 0 radical (unpaired) electrons. The van der Waals surface area contributed by atoms with E-state index in [4.69, 9.17) is 9.47 Å². The van der Waals surface area contributed by atoms with Gasteiger partial charge in [0.25, 0.3) is 5.91 Å². The molecule has 1 amide bonds. The van der Waals surface area contributed by atoms with Crippen molar-refractivity contribution in [2.24, 2.45) is 7.05 Å². The number of hydrogen-bond acceptors (Lipinski definition) is 7. The molecule has 0 atom stereocenters. The molecule has 2 heterocycles. The predicted molar refractivity (Wildman–Crippen MR) is 157 cm³/mol. The zero-order valence-electron chi connectivity index (χ0n) is 23.1. The zero-order valence-corrected chi connectivity index (χ0v) is 23.1. The smallest absolute Gasteiger partial charge is 0.337 e. The summed E-state index contributed by atoms with van der Waals surface area (Å²) in [6, 6.07) is 20.5. The van der Waals surface area contributed by atoms with Crippen molar-refractivity contribution in [3.63, 3.8) is 0 Å². The quantitative estimate of drug-likeness (QED) is 0.215. The summed E-state index contributed by atoms with van der Waals surface area (Å²) < 4.78 is 11.9. The highest BCUT2D eigenvalue weighted by Crippen LogP contribution is 2.38. The Kier molecular flexibility index (Phi) is 7.96. The second kappa shape index (κ2) is 11.9. The molecule has 4 aromatic rings. The number of aromatic nitrogens is 2. The van der Waals surface area contributed by atoms with Gasteiger partial charge in [-0.2, -0.15) is 0 Å². The molecule has 3 aromatic carbocycles. The number of imidazole rings is 1. The maximum Gasteiger partial charge on any atom is 0.337 e. The molecule has 0 spiro atoms. The Hall–Kier alpha value is -5.18. The number of hydrogen-bond donors (Lipinski definition) is 2. The summed E-state index contributed by atoms with van der Waals surface area (Å²) in [5, 5.41) is 6.35. The Morgan fingerprint density at radius 2 is 1.83 bits per heavy atom. The SMILES string of the molecule is CCOC(=O)CCc1cccc(C(Nc2ccc(-c3nccn3C)cc2)=C2C(=O)Nc3cc(C(=O)OC)ccc32)c1. The Morgan fingerprint density at radius 1 is 1.02 bits per heavy atom. The van der Waals surface area contributed by atoms with Crippen molar-refractivity contribution in [3.05, 3.63) is 101 Å². The summed E-state index contributed by atoms with van der Waals surface area (Å²) >= 11 is 0. The summed E-state index contributed by atoms with van der Waals surface area (Å²) in [7, 11) is 3.25. The molecule has 208 valence electrons. The van der Waals surface area contributed by atoms with Gasteiger partial charge in [0.2, 0.25) is 0 Å². The van der Waals surface area contributed by atoms with Crippen LogP contribution in [0, 0.1) is 0 Å². The molecule has 0 aliphatic carbocycles. The highest BCUT2D eigenvalue weighted by molar-refractivity contribution is 6.37. The van der Waals surface area contributed by atoms with Crippen molar-refractivity contribution < 1.29 is 23.9 Å². The maximum atomic E-state index is 13.4. The van der Waals surface area contributed by atoms with E-state index in [-0.39, 0.29) is 18.3 Å². The van der Waals surface area contributed by atoms with Gasteiger partial charge in [0, 0.05) is 42.7 Å². The standard InChI is InChI=1S/C32H30N4O5/c1-4-41-27(37)15-8-20-6-5-7-22(18-20)29(34-24-12-9-21(10-13-24)30-33-16-17-36(30)2)28-25-14-11-23(32(39)40-3)19-26(25)35-31(28)38/h5-7,9-14,16-19,34H,4,8,15H2,1-3H3,(H,35,38). The first kappa shape index (κ1) is 27.4. The molecule has 0 unspecified atom stereocenters. The number of rotatable bonds is 9. The molecule has 41 heavy (non-hydrogen) atoms. The monoisotopic (exact) mass is 550 g/mol. The van der Waals surface area contributed by atoms with Gasteiger partial charge < -0.3 is 24.7 Å². The lowest BCUT2D eigenvalue weighted by atomic mass is 9.97. The third-order valence-corrected chi connectivity index (χ3v) is 6.81. The molecule has 1 aromatic heterocycles. The van der Waals surface area contributed by atoms with Crippen LogP contribution in [0.4, 0.5) is 11.4 Å². The normalized spacial score (nSPS) is 13.3. The van der Waals surface area contributed by atoms with E-state index < -0.39 is 5.97 Å². The molecule has 0 fully saturated rings. The van der Waals surface area contributed by atoms with Crippen LogP contribution in [0.15, 0.2) is 79.1 Å². The molecule has 2 N–H and O–H groups in total. The second-order valence-corrected chi connectivity index (χ2v) is 9.53. The average Bonchev–Trinajstić information content (AvgIpc) is 3.56. The minimum atomic E-state index is -0.486. The van der Waals surface area contributed by atoms with E-state index >= 15 is 0 Å². The number of carbonyl (C=O) groups is 3. The number of fused-ring (bicyclic) bond motifs is 1. The van der Waals surface area contributed by atoms with Crippen LogP contribution >= 0.6 is 0 Å². The Balaban J connectivity index is 1.56. The topological polar surface area (TPSA) is 112 Å². The average molecular weight is 551 g/mol. The number of amides is 1. The largest absolute Gasteiger partial charge is 0.466 e. The predicted octanol–water partition coefficient (Wildman–Crippen LogP) is 5.30. The van der Waals surface area contributed by atoms with Gasteiger partial charge >= 0.3 is 11.9 Å². The van der Waals surface area contributed by atoms with Crippen molar-refractivity contribution in [1.82, 2.24) is 9.55 Å². The van der Waals surface area contributed by atoms with E-state index in [1.54, 1.807) is 31.3 Å². The van der Waals surface area contributed by atoms with Crippen molar-refractivity contribution in [2.45, 2.75) is 19.8 Å². The number of nitrogens with one attached hydrogen (secondary N) is 2. The first-order valence-corrected chi connectivity index (χ1v) is 13.3.